The number of amides is 1. The number of nitriles is 1. The van der Waals surface area contributed by atoms with Gasteiger partial charge in [-0.2, -0.15) is 5.26 Å². The fourth-order valence-corrected chi connectivity index (χ4v) is 4.39. The number of hydrogen-bond acceptors (Lipinski definition) is 6. The van der Waals surface area contributed by atoms with Crippen molar-refractivity contribution in [2.75, 3.05) is 0 Å². The van der Waals surface area contributed by atoms with Crippen LogP contribution in [0.1, 0.15) is 31.9 Å². The third-order valence-corrected chi connectivity index (χ3v) is 6.49. The molecule has 1 aromatic heterocycles. The van der Waals surface area contributed by atoms with Crippen LogP contribution in [-0.2, 0) is 11.3 Å². The zero-order valence-corrected chi connectivity index (χ0v) is 23.9. The lowest BCUT2D eigenvalue weighted by Gasteiger charge is -2.20. The number of benzene rings is 3. The number of nitrogens with zero attached hydrogens (tertiary/aromatic N) is 3. The van der Waals surface area contributed by atoms with Gasteiger partial charge in [0, 0.05) is 27.2 Å². The van der Waals surface area contributed by atoms with Gasteiger partial charge in [-0.05, 0) is 86.3 Å². The van der Waals surface area contributed by atoms with Crippen LogP contribution in [0, 0.1) is 11.3 Å². The molecule has 9 heteroatoms. The first-order chi connectivity index (χ1) is 19.2. The van der Waals surface area contributed by atoms with Gasteiger partial charge in [0.2, 0.25) is 5.96 Å². The van der Waals surface area contributed by atoms with Crippen molar-refractivity contribution in [2.45, 2.75) is 37.8 Å². The summed E-state index contributed by atoms with van der Waals surface area (Å²) in [5.41, 5.74) is 4.23. The quantitative estimate of drug-likeness (QED) is 0.141. The Balaban J connectivity index is 1.64. The Morgan fingerprint density at radius 2 is 1.70 bits per heavy atom. The zero-order valence-electron chi connectivity index (χ0n) is 22.3. The van der Waals surface area contributed by atoms with Crippen molar-refractivity contribution in [3.63, 3.8) is 0 Å². The van der Waals surface area contributed by atoms with E-state index in [1.54, 1.807) is 39.1 Å². The van der Waals surface area contributed by atoms with E-state index in [0.29, 0.717) is 10.6 Å². The summed E-state index contributed by atoms with van der Waals surface area (Å²) >= 11 is 7.47. The van der Waals surface area contributed by atoms with E-state index in [9.17, 15) is 10.1 Å². The molecule has 0 saturated carbocycles. The van der Waals surface area contributed by atoms with Gasteiger partial charge in [-0.15, -0.1) is 0 Å². The average molecular weight is 570 g/mol. The molecule has 202 valence electrons. The highest BCUT2D eigenvalue weighted by atomic mass is 35.5. The smallest absolute Gasteiger partial charge is 0.414 e. The number of alkyl carbamates (subject to hydrolysis) is 1. The van der Waals surface area contributed by atoms with Gasteiger partial charge in [-0.3, -0.25) is 15.0 Å². The summed E-state index contributed by atoms with van der Waals surface area (Å²) < 4.78 is 8.53. The molecule has 0 bridgehead atoms. The number of guanidine groups is 1. The molecule has 4 aromatic rings. The number of rotatable bonds is 6. The minimum Gasteiger partial charge on any atom is -0.444 e. The molecule has 0 aliphatic rings. The molecular formula is C31H28ClN5O2S. The van der Waals surface area contributed by atoms with E-state index in [-0.39, 0.29) is 12.5 Å². The number of ether oxygens (including phenoxy) is 1. The van der Waals surface area contributed by atoms with Crippen LogP contribution < -0.4 is 10.0 Å². The Bertz CT molecular complexity index is 1530. The molecule has 3 aromatic carbocycles. The summed E-state index contributed by atoms with van der Waals surface area (Å²) in [6.07, 6.45) is 1.15. The van der Waals surface area contributed by atoms with Gasteiger partial charge >= 0.3 is 6.09 Å². The lowest BCUT2D eigenvalue weighted by atomic mass is 9.97. The summed E-state index contributed by atoms with van der Waals surface area (Å²) in [6.45, 7) is 5.65. The molecule has 0 aliphatic heterocycles. The van der Waals surface area contributed by atoms with Gasteiger partial charge in [-0.1, -0.05) is 54.1 Å². The molecule has 1 heterocycles. The fraction of sp³-hybridized carbons (Fsp3) is 0.161. The van der Waals surface area contributed by atoms with Crippen molar-refractivity contribution in [3.8, 4) is 28.5 Å². The molecule has 0 radical (unpaired) electrons. The van der Waals surface area contributed by atoms with Crippen molar-refractivity contribution < 1.29 is 9.53 Å². The number of halogens is 1. The van der Waals surface area contributed by atoms with E-state index >= 15 is 0 Å². The van der Waals surface area contributed by atoms with Crippen molar-refractivity contribution in [1.29, 1.82) is 5.26 Å². The second-order valence-corrected chi connectivity index (χ2v) is 11.1. The Labute approximate surface area is 243 Å². The van der Waals surface area contributed by atoms with E-state index in [1.807, 2.05) is 72.8 Å². The van der Waals surface area contributed by atoms with E-state index in [1.165, 1.54) is 11.9 Å². The van der Waals surface area contributed by atoms with Crippen LogP contribution >= 0.6 is 23.5 Å². The van der Waals surface area contributed by atoms with Gasteiger partial charge in [0.15, 0.2) is 0 Å². The summed E-state index contributed by atoms with van der Waals surface area (Å²) in [7, 11) is 0. The SMILES string of the molecule is CC(C)(C)OC(=O)NC(=NCc1cnc(-c2ccc(C#N)cc2)c(-c2ccc(Cl)cc2)c1)NSc1ccccc1. The van der Waals surface area contributed by atoms with Crippen molar-refractivity contribution in [3.05, 3.63) is 107 Å². The zero-order chi connectivity index (χ0) is 28.5. The second-order valence-electron chi connectivity index (χ2n) is 9.74. The van der Waals surface area contributed by atoms with Crippen molar-refractivity contribution >= 4 is 35.6 Å². The number of pyridine rings is 1. The molecule has 40 heavy (non-hydrogen) atoms. The van der Waals surface area contributed by atoms with Crippen LogP contribution in [-0.4, -0.2) is 22.6 Å². The van der Waals surface area contributed by atoms with Gasteiger partial charge in [-0.25, -0.2) is 9.79 Å². The van der Waals surface area contributed by atoms with Gasteiger partial charge < -0.3 is 4.74 Å². The lowest BCUT2D eigenvalue weighted by molar-refractivity contribution is 0.0562. The maximum Gasteiger partial charge on any atom is 0.414 e. The number of hydrogen-bond donors (Lipinski definition) is 2. The maximum atomic E-state index is 12.5. The summed E-state index contributed by atoms with van der Waals surface area (Å²) in [6, 6.07) is 28.7. The number of aliphatic imine (C=N–C) groups is 1. The van der Waals surface area contributed by atoms with Crippen LogP contribution in [0.15, 0.2) is 101 Å². The second kappa shape index (κ2) is 13.2. The van der Waals surface area contributed by atoms with E-state index in [2.05, 4.69) is 21.1 Å². The normalized spacial score (nSPS) is 11.4. The van der Waals surface area contributed by atoms with Gasteiger partial charge in [0.25, 0.3) is 0 Å². The Hall–Kier alpha value is -4.32. The Morgan fingerprint density at radius 3 is 2.35 bits per heavy atom. The van der Waals surface area contributed by atoms with Crippen LogP contribution in [0.2, 0.25) is 5.02 Å². The van der Waals surface area contributed by atoms with Crippen LogP contribution in [0.5, 0.6) is 0 Å². The predicted molar refractivity (Wildman–Crippen MR) is 161 cm³/mol. The van der Waals surface area contributed by atoms with E-state index < -0.39 is 11.7 Å². The highest BCUT2D eigenvalue weighted by Crippen LogP contribution is 2.32. The Morgan fingerprint density at radius 1 is 1.02 bits per heavy atom. The monoisotopic (exact) mass is 569 g/mol. The van der Waals surface area contributed by atoms with Crippen LogP contribution in [0.4, 0.5) is 4.79 Å². The molecule has 0 atom stereocenters. The summed E-state index contributed by atoms with van der Waals surface area (Å²) in [5, 5.41) is 12.5. The fourth-order valence-electron chi connectivity index (χ4n) is 3.64. The van der Waals surface area contributed by atoms with Crippen LogP contribution in [0.25, 0.3) is 22.4 Å². The number of carbonyl (C=O) groups is 1. The first kappa shape index (κ1) is 28.7. The molecule has 7 nitrogen and oxygen atoms in total. The molecular weight excluding hydrogens is 542 g/mol. The van der Waals surface area contributed by atoms with Gasteiger partial charge in [0.1, 0.15) is 5.60 Å². The minimum absolute atomic E-state index is 0.245. The lowest BCUT2D eigenvalue weighted by Crippen LogP contribution is -2.41. The molecule has 1 amide bonds. The highest BCUT2D eigenvalue weighted by Gasteiger charge is 2.18. The minimum atomic E-state index is -0.652. The van der Waals surface area contributed by atoms with E-state index in [4.69, 9.17) is 21.3 Å². The first-order valence-corrected chi connectivity index (χ1v) is 13.7. The highest BCUT2D eigenvalue weighted by molar-refractivity contribution is 7.98. The Kier molecular flexibility index (Phi) is 9.43. The van der Waals surface area contributed by atoms with Gasteiger partial charge in [0.05, 0.1) is 23.9 Å². The molecule has 0 fully saturated rings. The largest absolute Gasteiger partial charge is 0.444 e. The van der Waals surface area contributed by atoms with E-state index in [0.717, 1.165) is 32.8 Å². The van der Waals surface area contributed by atoms with Crippen LogP contribution in [0.3, 0.4) is 0 Å². The number of aromatic nitrogens is 1. The number of nitrogens with one attached hydrogen (secondary N) is 2. The number of carbonyl (C=O) groups excluding carboxylic acids is 1. The summed E-state index contributed by atoms with van der Waals surface area (Å²) in [4.78, 5) is 22.8. The molecule has 0 unspecified atom stereocenters. The first-order valence-electron chi connectivity index (χ1n) is 12.5. The third kappa shape index (κ3) is 8.34. The average Bonchev–Trinajstić information content (AvgIpc) is 2.94. The van der Waals surface area contributed by atoms with Crippen molar-refractivity contribution in [1.82, 2.24) is 15.0 Å². The maximum absolute atomic E-state index is 12.5. The molecule has 0 spiro atoms. The summed E-state index contributed by atoms with van der Waals surface area (Å²) in [5.74, 6) is 0.257. The third-order valence-electron chi connectivity index (χ3n) is 5.43. The molecule has 2 N–H and O–H groups in total. The predicted octanol–water partition coefficient (Wildman–Crippen LogP) is 7.62. The van der Waals surface area contributed by atoms with Crippen molar-refractivity contribution in [2.24, 2.45) is 4.99 Å². The molecule has 0 aliphatic carbocycles. The standard InChI is InChI=1S/C31H28ClN5O2S/c1-31(2,3)39-30(38)36-29(37-40-26-7-5-4-6-8-26)35-20-22-17-27(23-13-15-25(32)16-14-23)28(34-19-22)24-11-9-21(18-33)10-12-24/h4-17,19H,20H2,1-3H3,(H2,35,36,37,38). The molecule has 0 saturated heterocycles. The molecule has 4 rings (SSSR count). The topological polar surface area (TPSA) is 99.4 Å².